The summed E-state index contributed by atoms with van der Waals surface area (Å²) in [6.45, 7) is 5.94. The zero-order valence-electron chi connectivity index (χ0n) is 22.7. The monoisotopic (exact) mass is 550 g/mol. The molecule has 11 nitrogen and oxygen atoms in total. The highest BCUT2D eigenvalue weighted by molar-refractivity contribution is 5.88. The molecule has 2 aliphatic carbocycles. The van der Waals surface area contributed by atoms with Gasteiger partial charge in [0.05, 0.1) is 6.61 Å². The first-order valence-electron chi connectivity index (χ1n) is 13.3. The molecule has 2 aliphatic heterocycles. The van der Waals surface area contributed by atoms with E-state index in [1.807, 2.05) is 13.0 Å². The summed E-state index contributed by atoms with van der Waals surface area (Å²) < 4.78 is 22.5. The second-order valence-electron chi connectivity index (χ2n) is 11.3. The van der Waals surface area contributed by atoms with E-state index in [4.69, 9.17) is 18.9 Å². The van der Waals surface area contributed by atoms with Crippen molar-refractivity contribution in [2.24, 2.45) is 11.3 Å². The Morgan fingerprint density at radius 3 is 2.54 bits per heavy atom. The van der Waals surface area contributed by atoms with Crippen molar-refractivity contribution in [2.45, 2.75) is 102 Å². The number of hydrogen-bond donors (Lipinski definition) is 4. The highest BCUT2D eigenvalue weighted by atomic mass is 16.7. The van der Waals surface area contributed by atoms with E-state index in [2.05, 4.69) is 0 Å². The molecule has 0 radical (unpaired) electrons. The van der Waals surface area contributed by atoms with Gasteiger partial charge in [-0.15, -0.1) is 0 Å². The number of carbonyl (C=O) groups is 3. The standard InChI is InChI=1S/C28H38O11/c1-15-7-11-27-12-9-19(28(27,13-8-15)38-17(3)30)26(4,39-25(27)35)10-5-6-16(2)23(34)37-24-22(33)21(32)20(31)18(14-29)36-24/h5-7,10,18-22,24,29,31-33H,8-9,11-14H2,1-4H3/t18-,19+,20-,21+,22-,24+,26-,27-,28+/m1/s1. The molecule has 0 aromatic rings. The minimum atomic E-state index is -1.71. The van der Waals surface area contributed by atoms with Gasteiger partial charge in [0.25, 0.3) is 0 Å². The van der Waals surface area contributed by atoms with Crippen molar-refractivity contribution < 1.29 is 53.8 Å². The molecule has 1 saturated carbocycles. The van der Waals surface area contributed by atoms with Crippen LogP contribution >= 0.6 is 0 Å². The summed E-state index contributed by atoms with van der Waals surface area (Å²) in [6.07, 6.45) is 1.76. The molecule has 2 heterocycles. The number of ether oxygens (including phenoxy) is 4. The lowest BCUT2D eigenvalue weighted by atomic mass is 9.62. The van der Waals surface area contributed by atoms with Gasteiger partial charge < -0.3 is 39.4 Å². The van der Waals surface area contributed by atoms with E-state index in [-0.39, 0.29) is 11.5 Å². The third kappa shape index (κ3) is 4.95. The Morgan fingerprint density at radius 1 is 1.15 bits per heavy atom. The van der Waals surface area contributed by atoms with Crippen LogP contribution in [0, 0.1) is 11.3 Å². The fraction of sp³-hybridized carbons (Fsp3) is 0.679. The van der Waals surface area contributed by atoms with E-state index in [1.54, 1.807) is 19.1 Å². The molecule has 216 valence electrons. The molecule has 0 spiro atoms. The van der Waals surface area contributed by atoms with Crippen LogP contribution in [0.3, 0.4) is 0 Å². The molecule has 2 bridgehead atoms. The van der Waals surface area contributed by atoms with Crippen LogP contribution in [-0.2, 0) is 33.3 Å². The van der Waals surface area contributed by atoms with Gasteiger partial charge >= 0.3 is 17.9 Å². The molecule has 0 aromatic carbocycles. The van der Waals surface area contributed by atoms with Crippen LogP contribution < -0.4 is 0 Å². The molecule has 4 aliphatic rings. The molecule has 39 heavy (non-hydrogen) atoms. The van der Waals surface area contributed by atoms with Crippen molar-refractivity contribution in [3.05, 3.63) is 35.5 Å². The van der Waals surface area contributed by atoms with Crippen LogP contribution in [0.25, 0.3) is 0 Å². The Bertz CT molecular complexity index is 1090. The molecule has 3 fully saturated rings. The van der Waals surface area contributed by atoms with Crippen LogP contribution in [-0.4, -0.2) is 86.8 Å². The number of esters is 3. The largest absolute Gasteiger partial charge is 0.458 e. The normalized spacial score (nSPS) is 42.3. The van der Waals surface area contributed by atoms with Crippen molar-refractivity contribution in [1.29, 1.82) is 0 Å². The summed E-state index contributed by atoms with van der Waals surface area (Å²) in [6, 6.07) is 0. The van der Waals surface area contributed by atoms with Gasteiger partial charge in [-0.3, -0.25) is 9.59 Å². The third-order valence-electron chi connectivity index (χ3n) is 8.81. The molecule has 4 rings (SSSR count). The SMILES string of the molecule is CC(=O)O[C@]12CCC(C)=CC[C@]13CC[C@H]2[C@@](C)(C=CC=C(C)C(=O)O[C@@H]1O[C@H](CO)[C@@H](O)[C@H](O)[C@H]1O)OC3=O. The first kappa shape index (κ1) is 29.4. The van der Waals surface area contributed by atoms with E-state index in [0.717, 1.165) is 5.57 Å². The molecule has 0 amide bonds. The lowest BCUT2D eigenvalue weighted by Crippen LogP contribution is -2.65. The molecule has 2 saturated heterocycles. The zero-order chi connectivity index (χ0) is 28.8. The maximum absolute atomic E-state index is 13.6. The zero-order valence-corrected chi connectivity index (χ0v) is 22.7. The molecule has 0 unspecified atom stereocenters. The number of rotatable bonds is 6. The topological polar surface area (TPSA) is 169 Å². The van der Waals surface area contributed by atoms with Crippen molar-refractivity contribution in [3.8, 4) is 0 Å². The van der Waals surface area contributed by atoms with Crippen LogP contribution in [0.5, 0.6) is 0 Å². The Hall–Kier alpha value is -2.57. The predicted molar refractivity (Wildman–Crippen MR) is 135 cm³/mol. The van der Waals surface area contributed by atoms with Crippen LogP contribution in [0.15, 0.2) is 35.5 Å². The molecule has 0 aromatic heterocycles. The fourth-order valence-electron chi connectivity index (χ4n) is 6.61. The lowest BCUT2D eigenvalue weighted by Gasteiger charge is -2.54. The van der Waals surface area contributed by atoms with E-state index in [1.165, 1.54) is 19.9 Å². The van der Waals surface area contributed by atoms with Gasteiger partial charge in [-0.2, -0.15) is 0 Å². The van der Waals surface area contributed by atoms with Crippen LogP contribution in [0.1, 0.15) is 59.8 Å². The van der Waals surface area contributed by atoms with E-state index < -0.39 is 71.8 Å². The van der Waals surface area contributed by atoms with Crippen LogP contribution in [0.2, 0.25) is 0 Å². The van der Waals surface area contributed by atoms with Gasteiger partial charge in [-0.1, -0.05) is 23.8 Å². The van der Waals surface area contributed by atoms with Crippen molar-refractivity contribution in [2.75, 3.05) is 6.61 Å². The molecular formula is C28H38O11. The maximum atomic E-state index is 13.6. The third-order valence-corrected chi connectivity index (χ3v) is 8.81. The van der Waals surface area contributed by atoms with Gasteiger partial charge in [-0.25, -0.2) is 4.79 Å². The summed E-state index contributed by atoms with van der Waals surface area (Å²) in [5.41, 5.74) is -1.81. The number of allylic oxidation sites excluding steroid dienone is 4. The minimum absolute atomic E-state index is 0.110. The van der Waals surface area contributed by atoms with Crippen molar-refractivity contribution in [1.82, 2.24) is 0 Å². The first-order chi connectivity index (χ1) is 18.3. The second kappa shape index (κ2) is 10.8. The summed E-state index contributed by atoms with van der Waals surface area (Å²) in [5, 5.41) is 39.2. The van der Waals surface area contributed by atoms with E-state index in [0.29, 0.717) is 32.1 Å². The van der Waals surface area contributed by atoms with Gasteiger partial charge in [-0.05, 0) is 59.0 Å². The number of aliphatic hydroxyl groups excluding tert-OH is 4. The Kier molecular flexibility index (Phi) is 8.13. The highest BCUT2D eigenvalue weighted by Gasteiger charge is 2.74. The van der Waals surface area contributed by atoms with E-state index >= 15 is 0 Å². The molecule has 9 atom stereocenters. The number of aliphatic hydroxyl groups is 4. The predicted octanol–water partition coefficient (Wildman–Crippen LogP) is 0.976. The van der Waals surface area contributed by atoms with Crippen LogP contribution in [0.4, 0.5) is 0 Å². The number of cyclic esters (lactones) is 1. The van der Waals surface area contributed by atoms with E-state index in [9.17, 15) is 34.8 Å². The Labute approximate surface area is 227 Å². The summed E-state index contributed by atoms with van der Waals surface area (Å²) in [4.78, 5) is 38.5. The Balaban J connectivity index is 1.54. The van der Waals surface area contributed by atoms with Gasteiger partial charge in [0.15, 0.2) is 0 Å². The number of hydrogen-bond acceptors (Lipinski definition) is 11. The molecule has 4 N–H and O–H groups in total. The minimum Gasteiger partial charge on any atom is -0.458 e. The lowest BCUT2D eigenvalue weighted by molar-refractivity contribution is -0.291. The quantitative estimate of drug-likeness (QED) is 0.122. The highest BCUT2D eigenvalue weighted by Crippen LogP contribution is 2.65. The number of carbonyl (C=O) groups excluding carboxylic acids is 3. The van der Waals surface area contributed by atoms with Crippen molar-refractivity contribution in [3.63, 3.8) is 0 Å². The van der Waals surface area contributed by atoms with Gasteiger partial charge in [0, 0.05) is 18.4 Å². The second-order valence-corrected chi connectivity index (χ2v) is 11.3. The van der Waals surface area contributed by atoms with Gasteiger partial charge in [0.2, 0.25) is 6.29 Å². The smallest absolute Gasteiger partial charge is 0.336 e. The van der Waals surface area contributed by atoms with Gasteiger partial charge in [0.1, 0.15) is 41.0 Å². The molecular weight excluding hydrogens is 512 g/mol. The molecule has 11 heteroatoms. The summed E-state index contributed by atoms with van der Waals surface area (Å²) >= 11 is 0. The average Bonchev–Trinajstić information content (AvgIpc) is 3.05. The summed E-state index contributed by atoms with van der Waals surface area (Å²) in [5.74, 6) is -2.01. The summed E-state index contributed by atoms with van der Waals surface area (Å²) in [7, 11) is 0. The Morgan fingerprint density at radius 2 is 1.87 bits per heavy atom. The first-order valence-corrected chi connectivity index (χ1v) is 13.3. The average molecular weight is 551 g/mol. The van der Waals surface area contributed by atoms with Crippen molar-refractivity contribution >= 4 is 17.9 Å². The fourth-order valence-corrected chi connectivity index (χ4v) is 6.61. The maximum Gasteiger partial charge on any atom is 0.336 e.